The van der Waals surface area contributed by atoms with Gasteiger partial charge in [-0.2, -0.15) is 0 Å². The summed E-state index contributed by atoms with van der Waals surface area (Å²) >= 11 is 0. The van der Waals surface area contributed by atoms with Crippen LogP contribution in [0.1, 0.15) is 13.3 Å². The molecule has 0 bridgehead atoms. The zero-order valence-electron chi connectivity index (χ0n) is 10.5. The Morgan fingerprint density at radius 1 is 1.50 bits per heavy atom. The lowest BCUT2D eigenvalue weighted by molar-refractivity contribution is -0.384. The molecule has 0 aliphatic carbocycles. The summed E-state index contributed by atoms with van der Waals surface area (Å²) in [7, 11) is 1.86. The van der Waals surface area contributed by atoms with Gasteiger partial charge in [-0.3, -0.25) is 19.8 Å². The van der Waals surface area contributed by atoms with Crippen LogP contribution in [0.4, 0.5) is 11.4 Å². The normalized spacial score (nSPS) is 10.4. The predicted molar refractivity (Wildman–Crippen MR) is 69.5 cm³/mol. The molecule has 1 aromatic rings. The second-order valence-corrected chi connectivity index (χ2v) is 4.09. The molecule has 0 heterocycles. The van der Waals surface area contributed by atoms with E-state index in [0.717, 1.165) is 13.0 Å². The van der Waals surface area contributed by atoms with Gasteiger partial charge in [0.15, 0.2) is 0 Å². The summed E-state index contributed by atoms with van der Waals surface area (Å²) in [5.74, 6) is -0.175. The van der Waals surface area contributed by atoms with Gasteiger partial charge in [0.1, 0.15) is 0 Å². The van der Waals surface area contributed by atoms with Gasteiger partial charge >= 0.3 is 0 Å². The lowest BCUT2D eigenvalue weighted by Gasteiger charge is -2.14. The molecule has 0 aromatic heterocycles. The number of nitrogens with zero attached hydrogens (tertiary/aromatic N) is 2. The minimum Gasteiger partial charge on any atom is -0.325 e. The molecule has 0 spiro atoms. The third-order valence-corrected chi connectivity index (χ3v) is 2.36. The van der Waals surface area contributed by atoms with Crippen molar-refractivity contribution in [1.29, 1.82) is 0 Å². The van der Waals surface area contributed by atoms with Crippen LogP contribution in [0.3, 0.4) is 0 Å². The monoisotopic (exact) mass is 251 g/mol. The summed E-state index contributed by atoms with van der Waals surface area (Å²) in [6.45, 7) is 3.15. The van der Waals surface area contributed by atoms with Crippen molar-refractivity contribution in [1.82, 2.24) is 4.90 Å². The van der Waals surface area contributed by atoms with E-state index in [1.807, 2.05) is 18.9 Å². The van der Waals surface area contributed by atoms with Crippen LogP contribution < -0.4 is 5.32 Å². The van der Waals surface area contributed by atoms with Gasteiger partial charge in [0.25, 0.3) is 5.69 Å². The lowest BCUT2D eigenvalue weighted by atomic mass is 10.3. The average Bonchev–Trinajstić information content (AvgIpc) is 2.29. The van der Waals surface area contributed by atoms with E-state index in [1.165, 1.54) is 12.1 Å². The summed E-state index contributed by atoms with van der Waals surface area (Å²) < 4.78 is 0. The highest BCUT2D eigenvalue weighted by molar-refractivity contribution is 5.92. The largest absolute Gasteiger partial charge is 0.325 e. The van der Waals surface area contributed by atoms with E-state index >= 15 is 0 Å². The fraction of sp³-hybridized carbons (Fsp3) is 0.417. The molecule has 1 rings (SSSR count). The van der Waals surface area contributed by atoms with Gasteiger partial charge in [0.05, 0.1) is 11.5 Å². The van der Waals surface area contributed by atoms with Crippen molar-refractivity contribution in [3.63, 3.8) is 0 Å². The van der Waals surface area contributed by atoms with Gasteiger partial charge in [-0.1, -0.05) is 13.0 Å². The van der Waals surface area contributed by atoms with Crippen LogP contribution >= 0.6 is 0 Å². The number of hydrogen-bond donors (Lipinski definition) is 1. The van der Waals surface area contributed by atoms with Gasteiger partial charge < -0.3 is 5.32 Å². The number of non-ortho nitro benzene ring substituents is 1. The molecule has 0 saturated heterocycles. The lowest BCUT2D eigenvalue weighted by Crippen LogP contribution is -2.30. The molecule has 0 aliphatic heterocycles. The number of rotatable bonds is 6. The van der Waals surface area contributed by atoms with Crippen LogP contribution in [0.5, 0.6) is 0 Å². The fourth-order valence-corrected chi connectivity index (χ4v) is 1.60. The first kappa shape index (κ1) is 14.1. The number of nitrogens with one attached hydrogen (secondary N) is 1. The number of amides is 1. The molecule has 0 atom stereocenters. The van der Waals surface area contributed by atoms with Crippen LogP contribution in [0.25, 0.3) is 0 Å². The Bertz CT molecular complexity index is 434. The van der Waals surface area contributed by atoms with E-state index in [9.17, 15) is 14.9 Å². The molecule has 0 saturated carbocycles. The molecule has 0 aliphatic rings. The molecule has 98 valence electrons. The zero-order valence-corrected chi connectivity index (χ0v) is 10.5. The van der Waals surface area contributed by atoms with E-state index in [0.29, 0.717) is 5.69 Å². The van der Waals surface area contributed by atoms with Gasteiger partial charge in [-0.15, -0.1) is 0 Å². The zero-order chi connectivity index (χ0) is 13.5. The van der Waals surface area contributed by atoms with Crippen molar-refractivity contribution in [3.8, 4) is 0 Å². The van der Waals surface area contributed by atoms with E-state index < -0.39 is 4.92 Å². The van der Waals surface area contributed by atoms with Crippen molar-refractivity contribution < 1.29 is 9.72 Å². The van der Waals surface area contributed by atoms with Crippen LogP contribution in [0.2, 0.25) is 0 Å². The third kappa shape index (κ3) is 4.50. The smallest absolute Gasteiger partial charge is 0.271 e. The van der Waals surface area contributed by atoms with E-state index in [2.05, 4.69) is 5.32 Å². The van der Waals surface area contributed by atoms with Crippen LogP contribution in [0.15, 0.2) is 24.3 Å². The number of nitro benzene ring substituents is 1. The number of nitro groups is 1. The highest BCUT2D eigenvalue weighted by atomic mass is 16.6. The molecular weight excluding hydrogens is 234 g/mol. The summed E-state index contributed by atoms with van der Waals surface area (Å²) in [4.78, 5) is 23.7. The van der Waals surface area contributed by atoms with Crippen molar-refractivity contribution in [2.75, 3.05) is 25.5 Å². The fourth-order valence-electron chi connectivity index (χ4n) is 1.60. The Hall–Kier alpha value is -1.95. The summed E-state index contributed by atoms with van der Waals surface area (Å²) in [6, 6.07) is 5.91. The molecule has 1 aromatic carbocycles. The maximum Gasteiger partial charge on any atom is 0.271 e. The molecule has 1 N–H and O–H groups in total. The van der Waals surface area contributed by atoms with E-state index in [4.69, 9.17) is 0 Å². The topological polar surface area (TPSA) is 75.5 Å². The second kappa shape index (κ2) is 6.70. The van der Waals surface area contributed by atoms with E-state index in [-0.39, 0.29) is 18.1 Å². The number of anilines is 1. The molecule has 18 heavy (non-hydrogen) atoms. The second-order valence-electron chi connectivity index (χ2n) is 4.09. The van der Waals surface area contributed by atoms with Crippen molar-refractivity contribution >= 4 is 17.3 Å². The number of carbonyl (C=O) groups is 1. The Balaban J connectivity index is 2.59. The molecular formula is C12H17N3O3. The van der Waals surface area contributed by atoms with Crippen LogP contribution in [-0.2, 0) is 4.79 Å². The molecule has 6 nitrogen and oxygen atoms in total. The highest BCUT2D eigenvalue weighted by Crippen LogP contribution is 2.16. The highest BCUT2D eigenvalue weighted by Gasteiger charge is 2.09. The Kier molecular flexibility index (Phi) is 5.26. The SMILES string of the molecule is CCCN(C)CC(=O)Nc1cccc([N+](=O)[O-])c1. The third-order valence-electron chi connectivity index (χ3n) is 2.36. The van der Waals surface area contributed by atoms with E-state index in [1.54, 1.807) is 12.1 Å². The molecule has 1 amide bonds. The number of hydrogen-bond acceptors (Lipinski definition) is 4. The first-order valence-electron chi connectivity index (χ1n) is 5.75. The van der Waals surface area contributed by atoms with Gasteiger partial charge in [0, 0.05) is 17.8 Å². The minimum absolute atomic E-state index is 0.0327. The maximum atomic E-state index is 11.7. The van der Waals surface area contributed by atoms with Crippen molar-refractivity contribution in [2.45, 2.75) is 13.3 Å². The Morgan fingerprint density at radius 3 is 2.83 bits per heavy atom. The van der Waals surface area contributed by atoms with Gasteiger partial charge in [0.2, 0.25) is 5.91 Å². The minimum atomic E-state index is -0.487. The molecule has 0 fully saturated rings. The summed E-state index contributed by atoms with van der Waals surface area (Å²) in [5, 5.41) is 13.2. The quantitative estimate of drug-likeness (QED) is 0.618. The average molecular weight is 251 g/mol. The first-order valence-corrected chi connectivity index (χ1v) is 5.75. The van der Waals surface area contributed by atoms with Gasteiger partial charge in [-0.05, 0) is 26.1 Å². The summed E-state index contributed by atoms with van der Waals surface area (Å²) in [5.41, 5.74) is 0.411. The van der Waals surface area contributed by atoms with Crippen molar-refractivity contribution in [2.24, 2.45) is 0 Å². The Morgan fingerprint density at radius 2 is 2.22 bits per heavy atom. The molecule has 0 radical (unpaired) electrons. The van der Waals surface area contributed by atoms with Crippen LogP contribution in [-0.4, -0.2) is 35.9 Å². The number of likely N-dealkylation sites (N-methyl/N-ethyl adjacent to an activating group) is 1. The van der Waals surface area contributed by atoms with Crippen molar-refractivity contribution in [3.05, 3.63) is 34.4 Å². The van der Waals surface area contributed by atoms with Crippen LogP contribution in [0, 0.1) is 10.1 Å². The molecule has 0 unspecified atom stereocenters. The van der Waals surface area contributed by atoms with Gasteiger partial charge in [-0.25, -0.2) is 0 Å². The standard InChI is InChI=1S/C12H17N3O3/c1-3-7-14(2)9-12(16)13-10-5-4-6-11(8-10)15(17)18/h4-6,8H,3,7,9H2,1-2H3,(H,13,16). The predicted octanol–water partition coefficient (Wildman–Crippen LogP) is 1.88. The Labute approximate surface area is 106 Å². The number of benzene rings is 1. The maximum absolute atomic E-state index is 11.7. The first-order chi connectivity index (χ1) is 8.52. The summed E-state index contributed by atoms with van der Waals surface area (Å²) in [6.07, 6.45) is 0.973. The number of carbonyl (C=O) groups excluding carboxylic acids is 1. The molecule has 6 heteroatoms.